The van der Waals surface area contributed by atoms with Gasteiger partial charge in [0.05, 0.1) is 9.82 Å². The molecule has 0 heterocycles. The topological polar surface area (TPSA) is 110 Å². The molecule has 108 valence electrons. The summed E-state index contributed by atoms with van der Waals surface area (Å²) in [5.74, 6) is -1.79. The molecule has 7 nitrogen and oxygen atoms in total. The lowest BCUT2D eigenvalue weighted by atomic mass is 10.1. The number of rotatable bonds is 6. The van der Waals surface area contributed by atoms with Gasteiger partial charge in [-0.05, 0) is 24.8 Å². The Morgan fingerprint density at radius 2 is 2.15 bits per heavy atom. The largest absolute Gasteiger partial charge is 0.480 e. The van der Waals surface area contributed by atoms with Crippen molar-refractivity contribution in [2.75, 3.05) is 6.26 Å². The second kappa shape index (κ2) is 6.90. The minimum Gasteiger partial charge on any atom is -0.480 e. The molecule has 1 rings (SSSR count). The lowest BCUT2D eigenvalue weighted by Crippen LogP contribution is -2.40. The van der Waals surface area contributed by atoms with E-state index in [0.717, 1.165) is 6.07 Å². The van der Waals surface area contributed by atoms with E-state index >= 15 is 0 Å². The highest BCUT2D eigenvalue weighted by Crippen LogP contribution is 2.28. The van der Waals surface area contributed by atoms with E-state index in [1.54, 1.807) is 13.2 Å². The molecule has 0 aliphatic carbocycles. The molecule has 2 N–H and O–H groups in total. The molecule has 1 amide bonds. The van der Waals surface area contributed by atoms with Crippen LogP contribution in [0.5, 0.6) is 0 Å². The predicted molar refractivity (Wildman–Crippen MR) is 74.1 cm³/mol. The summed E-state index contributed by atoms with van der Waals surface area (Å²) < 4.78 is 0. The molecule has 0 saturated carbocycles. The van der Waals surface area contributed by atoms with Crippen LogP contribution in [0, 0.1) is 10.1 Å². The van der Waals surface area contributed by atoms with Crippen molar-refractivity contribution < 1.29 is 19.6 Å². The first kappa shape index (κ1) is 16.0. The second-order valence-electron chi connectivity index (χ2n) is 3.92. The highest BCUT2D eigenvalue weighted by Gasteiger charge is 2.21. The summed E-state index contributed by atoms with van der Waals surface area (Å²) in [6, 6.07) is 3.04. The number of thioether (sulfide) groups is 1. The Labute approximate surface area is 119 Å². The van der Waals surface area contributed by atoms with Gasteiger partial charge in [0.2, 0.25) is 0 Å². The van der Waals surface area contributed by atoms with Gasteiger partial charge >= 0.3 is 5.97 Å². The number of benzene rings is 1. The zero-order chi connectivity index (χ0) is 15.3. The molecular weight excluding hydrogens is 284 g/mol. The Morgan fingerprint density at radius 3 is 2.60 bits per heavy atom. The van der Waals surface area contributed by atoms with Gasteiger partial charge in [-0.3, -0.25) is 14.9 Å². The molecule has 8 heteroatoms. The number of nitro benzene ring substituents is 1. The Balaban J connectivity index is 3.02. The van der Waals surface area contributed by atoms with Crippen LogP contribution in [0.15, 0.2) is 23.1 Å². The van der Waals surface area contributed by atoms with Crippen molar-refractivity contribution in [3.05, 3.63) is 33.9 Å². The summed E-state index contributed by atoms with van der Waals surface area (Å²) in [4.78, 5) is 33.5. The van der Waals surface area contributed by atoms with Crippen molar-refractivity contribution >= 4 is 29.3 Å². The Hall–Kier alpha value is -2.09. The quantitative estimate of drug-likeness (QED) is 0.471. The third-order valence-corrected chi connectivity index (χ3v) is 3.43. The number of carboxylic acids is 1. The first-order valence-corrected chi connectivity index (χ1v) is 6.99. The van der Waals surface area contributed by atoms with E-state index in [0.29, 0.717) is 4.90 Å². The third-order valence-electron chi connectivity index (χ3n) is 2.65. The van der Waals surface area contributed by atoms with Crippen LogP contribution in [0.3, 0.4) is 0 Å². The fourth-order valence-electron chi connectivity index (χ4n) is 1.55. The molecule has 1 aromatic carbocycles. The van der Waals surface area contributed by atoms with Crippen LogP contribution in [0.25, 0.3) is 0 Å². The Morgan fingerprint density at radius 1 is 1.50 bits per heavy atom. The van der Waals surface area contributed by atoms with Crippen molar-refractivity contribution in [3.63, 3.8) is 0 Å². The molecule has 0 radical (unpaired) electrons. The number of aliphatic carboxylic acids is 1. The molecule has 0 unspecified atom stereocenters. The van der Waals surface area contributed by atoms with Crippen molar-refractivity contribution in [3.8, 4) is 0 Å². The fraction of sp³-hybridized carbons (Fsp3) is 0.333. The van der Waals surface area contributed by atoms with E-state index in [1.165, 1.54) is 23.9 Å². The molecule has 1 atom stereocenters. The van der Waals surface area contributed by atoms with Gasteiger partial charge in [-0.25, -0.2) is 4.79 Å². The minimum atomic E-state index is -1.14. The van der Waals surface area contributed by atoms with Gasteiger partial charge in [-0.2, -0.15) is 0 Å². The number of amides is 1. The average molecular weight is 298 g/mol. The number of hydrogen-bond donors (Lipinski definition) is 2. The molecule has 0 bridgehead atoms. The van der Waals surface area contributed by atoms with Crippen molar-refractivity contribution in [2.24, 2.45) is 0 Å². The number of carboxylic acid groups (broad SMARTS) is 1. The zero-order valence-electron chi connectivity index (χ0n) is 11.0. The summed E-state index contributed by atoms with van der Waals surface area (Å²) in [6.07, 6.45) is 1.92. The molecule has 0 aromatic heterocycles. The van der Waals surface area contributed by atoms with Crippen LogP contribution in [0.1, 0.15) is 23.7 Å². The smallest absolute Gasteiger partial charge is 0.326 e. The number of nitrogens with one attached hydrogen (secondary N) is 1. The van der Waals surface area contributed by atoms with Gasteiger partial charge in [0.1, 0.15) is 6.04 Å². The molecule has 0 aliphatic rings. The lowest BCUT2D eigenvalue weighted by Gasteiger charge is -2.12. The molecule has 0 spiro atoms. The zero-order valence-corrected chi connectivity index (χ0v) is 11.8. The summed E-state index contributed by atoms with van der Waals surface area (Å²) in [7, 11) is 0. The molecule has 0 saturated heterocycles. The summed E-state index contributed by atoms with van der Waals surface area (Å²) in [5, 5.41) is 22.1. The maximum atomic E-state index is 11.9. The normalized spacial score (nSPS) is 11.7. The lowest BCUT2D eigenvalue weighted by molar-refractivity contribution is -0.387. The van der Waals surface area contributed by atoms with Gasteiger partial charge in [-0.15, -0.1) is 11.8 Å². The third kappa shape index (κ3) is 3.70. The van der Waals surface area contributed by atoms with Crippen LogP contribution in [-0.4, -0.2) is 34.2 Å². The molecule has 0 aliphatic heterocycles. The van der Waals surface area contributed by atoms with Gasteiger partial charge in [0, 0.05) is 11.6 Å². The van der Waals surface area contributed by atoms with Crippen LogP contribution in [0.2, 0.25) is 0 Å². The Bertz CT molecular complexity index is 547. The molecule has 0 fully saturated rings. The fourth-order valence-corrected chi connectivity index (χ4v) is 2.10. The van der Waals surface area contributed by atoms with Crippen molar-refractivity contribution in [1.29, 1.82) is 0 Å². The van der Waals surface area contributed by atoms with Gasteiger partial charge in [0.15, 0.2) is 0 Å². The first-order valence-electron chi connectivity index (χ1n) is 5.76. The summed E-state index contributed by atoms with van der Waals surface area (Å²) in [6.45, 7) is 1.62. The van der Waals surface area contributed by atoms with E-state index in [9.17, 15) is 19.7 Å². The number of hydrogen-bond acceptors (Lipinski definition) is 5. The van der Waals surface area contributed by atoms with Crippen molar-refractivity contribution in [1.82, 2.24) is 5.32 Å². The van der Waals surface area contributed by atoms with Gasteiger partial charge < -0.3 is 10.4 Å². The second-order valence-corrected chi connectivity index (χ2v) is 4.76. The van der Waals surface area contributed by atoms with E-state index in [-0.39, 0.29) is 17.7 Å². The van der Waals surface area contributed by atoms with E-state index in [1.807, 2.05) is 0 Å². The highest BCUT2D eigenvalue weighted by molar-refractivity contribution is 7.98. The number of nitro groups is 1. The van der Waals surface area contributed by atoms with Crippen LogP contribution >= 0.6 is 11.8 Å². The van der Waals surface area contributed by atoms with Crippen LogP contribution < -0.4 is 5.32 Å². The minimum absolute atomic E-state index is 0.0641. The maximum Gasteiger partial charge on any atom is 0.326 e. The standard InChI is InChI=1S/C12H14N2O5S/c1-3-8(12(16)17)13-11(15)7-4-5-10(20-2)9(6-7)14(18)19/h4-6,8H,3H2,1-2H3,(H,13,15)(H,16,17)/t8-/m1/s1. The van der Waals surface area contributed by atoms with Gasteiger partial charge in [0.25, 0.3) is 11.6 Å². The average Bonchev–Trinajstić information content (AvgIpc) is 2.43. The summed E-state index contributed by atoms with van der Waals surface area (Å²) >= 11 is 1.20. The van der Waals surface area contributed by atoms with Crippen molar-refractivity contribution in [2.45, 2.75) is 24.3 Å². The molecular formula is C12H14N2O5S. The van der Waals surface area contributed by atoms with Crippen LogP contribution in [-0.2, 0) is 4.79 Å². The number of carbonyl (C=O) groups excluding carboxylic acids is 1. The summed E-state index contributed by atoms with van der Waals surface area (Å²) in [5.41, 5.74) is -0.109. The Kier molecular flexibility index (Phi) is 5.51. The SMILES string of the molecule is CC[C@@H](NC(=O)c1ccc(SC)c([N+](=O)[O-])c1)C(=O)O. The van der Waals surface area contributed by atoms with Gasteiger partial charge in [-0.1, -0.05) is 6.92 Å². The van der Waals surface area contributed by atoms with Crippen LogP contribution in [0.4, 0.5) is 5.69 Å². The number of carbonyl (C=O) groups is 2. The predicted octanol–water partition coefficient (Wildman–Crippen LogP) is 1.91. The number of nitrogens with zero attached hydrogens (tertiary/aromatic N) is 1. The maximum absolute atomic E-state index is 11.9. The molecule has 20 heavy (non-hydrogen) atoms. The van der Waals surface area contributed by atoms with E-state index in [2.05, 4.69) is 5.32 Å². The molecule has 1 aromatic rings. The monoisotopic (exact) mass is 298 g/mol. The highest BCUT2D eigenvalue weighted by atomic mass is 32.2. The van der Waals surface area contributed by atoms with E-state index in [4.69, 9.17) is 5.11 Å². The van der Waals surface area contributed by atoms with E-state index < -0.39 is 22.8 Å². The first-order chi connectivity index (χ1) is 9.40.